The molecule has 0 spiro atoms. The summed E-state index contributed by atoms with van der Waals surface area (Å²) in [5.74, 6) is -1.90. The van der Waals surface area contributed by atoms with Gasteiger partial charge in [0.2, 0.25) is 0 Å². The number of hydrogen-bond acceptors (Lipinski definition) is 5. The van der Waals surface area contributed by atoms with E-state index in [9.17, 15) is 14.4 Å². The van der Waals surface area contributed by atoms with Crippen LogP contribution in [0.25, 0.3) is 0 Å². The van der Waals surface area contributed by atoms with Crippen molar-refractivity contribution in [2.45, 2.75) is 18.8 Å². The highest BCUT2D eigenvalue weighted by molar-refractivity contribution is 6.21. The summed E-state index contributed by atoms with van der Waals surface area (Å²) in [7, 11) is 1.36. The van der Waals surface area contributed by atoms with E-state index in [4.69, 9.17) is 4.42 Å². The summed E-state index contributed by atoms with van der Waals surface area (Å²) in [5.41, 5.74) is 0. The van der Waals surface area contributed by atoms with Crippen LogP contribution in [0.2, 0.25) is 0 Å². The molecule has 1 fully saturated rings. The zero-order chi connectivity index (χ0) is 13.1. The molecule has 2 rings (SSSR count). The molecular formula is C13H14O5. The quantitative estimate of drug-likeness (QED) is 0.749. The largest absolute Gasteiger partial charge is 0.469 e. The normalized spacial score (nSPS) is 24.3. The molecule has 18 heavy (non-hydrogen) atoms. The summed E-state index contributed by atoms with van der Waals surface area (Å²) >= 11 is 0. The van der Waals surface area contributed by atoms with Crippen LogP contribution in [-0.4, -0.2) is 31.1 Å². The van der Waals surface area contributed by atoms with Gasteiger partial charge in [-0.3, -0.25) is 14.4 Å². The van der Waals surface area contributed by atoms with E-state index < -0.39 is 11.7 Å². The van der Waals surface area contributed by atoms with Gasteiger partial charge in [0, 0.05) is 25.9 Å². The number of rotatable bonds is 4. The highest BCUT2D eigenvalue weighted by Gasteiger charge is 2.40. The van der Waals surface area contributed by atoms with Crippen molar-refractivity contribution in [2.75, 3.05) is 13.7 Å². The third kappa shape index (κ3) is 2.41. The summed E-state index contributed by atoms with van der Waals surface area (Å²) in [5, 5.41) is 0. The van der Waals surface area contributed by atoms with Gasteiger partial charge in [0.25, 0.3) is 0 Å². The summed E-state index contributed by atoms with van der Waals surface area (Å²) in [6.45, 7) is -0.201. The molecule has 1 saturated carbocycles. The lowest BCUT2D eigenvalue weighted by Gasteiger charge is -2.23. The standard InChI is InChI=1S/C13H14O5/c1-17-7-11(16)13-9(14)5-8(6-10(13)15)12-3-2-4-18-12/h2-4,8,13H,5-7H2,1H3. The molecule has 1 heterocycles. The Hall–Kier alpha value is -1.75. The lowest BCUT2D eigenvalue weighted by Crippen LogP contribution is -2.39. The summed E-state index contributed by atoms with van der Waals surface area (Å²) < 4.78 is 9.88. The third-order valence-corrected chi connectivity index (χ3v) is 3.09. The maximum atomic E-state index is 11.9. The van der Waals surface area contributed by atoms with Gasteiger partial charge in [-0.15, -0.1) is 0 Å². The molecule has 0 unspecified atom stereocenters. The van der Waals surface area contributed by atoms with Crippen molar-refractivity contribution in [1.29, 1.82) is 0 Å². The van der Waals surface area contributed by atoms with Crippen LogP contribution in [0.15, 0.2) is 22.8 Å². The molecule has 0 radical (unpaired) electrons. The number of carbonyl (C=O) groups excluding carboxylic acids is 3. The van der Waals surface area contributed by atoms with Gasteiger partial charge in [0.15, 0.2) is 17.3 Å². The Morgan fingerprint density at radius 3 is 2.56 bits per heavy atom. The fourth-order valence-corrected chi connectivity index (χ4v) is 2.28. The number of furan rings is 1. The molecule has 0 amide bonds. The minimum Gasteiger partial charge on any atom is -0.469 e. The van der Waals surface area contributed by atoms with Crippen LogP contribution in [0, 0.1) is 5.92 Å². The summed E-state index contributed by atoms with van der Waals surface area (Å²) in [6.07, 6.45) is 1.84. The molecule has 1 aromatic heterocycles. The van der Waals surface area contributed by atoms with Crippen molar-refractivity contribution in [3.05, 3.63) is 24.2 Å². The molecule has 0 aliphatic heterocycles. The Morgan fingerprint density at radius 1 is 1.39 bits per heavy atom. The third-order valence-electron chi connectivity index (χ3n) is 3.09. The molecule has 0 saturated heterocycles. The first kappa shape index (κ1) is 12.7. The zero-order valence-corrected chi connectivity index (χ0v) is 10.0. The molecule has 5 nitrogen and oxygen atoms in total. The second kappa shape index (κ2) is 5.27. The number of Topliss-reactive ketones (excluding diaryl/α,β-unsaturated/α-hetero) is 3. The van der Waals surface area contributed by atoms with Gasteiger partial charge in [0.1, 0.15) is 18.3 Å². The Bertz CT molecular complexity index is 442. The van der Waals surface area contributed by atoms with Gasteiger partial charge in [-0.1, -0.05) is 0 Å². The first-order valence-electron chi connectivity index (χ1n) is 5.74. The van der Waals surface area contributed by atoms with Crippen LogP contribution in [0.5, 0.6) is 0 Å². The smallest absolute Gasteiger partial charge is 0.176 e. The van der Waals surface area contributed by atoms with Crippen LogP contribution in [0.3, 0.4) is 0 Å². The van der Waals surface area contributed by atoms with Crippen molar-refractivity contribution < 1.29 is 23.5 Å². The molecular weight excluding hydrogens is 236 g/mol. The van der Waals surface area contributed by atoms with Crippen LogP contribution in [0.4, 0.5) is 0 Å². The topological polar surface area (TPSA) is 73.6 Å². The molecule has 0 aromatic carbocycles. The fraction of sp³-hybridized carbons (Fsp3) is 0.462. The SMILES string of the molecule is COCC(=O)C1C(=O)CC(c2ccco2)CC1=O. The Morgan fingerprint density at radius 2 is 2.06 bits per heavy atom. The number of ether oxygens (including phenoxy) is 1. The predicted octanol–water partition coefficient (Wildman–Crippen LogP) is 1.13. The zero-order valence-electron chi connectivity index (χ0n) is 10.0. The highest BCUT2D eigenvalue weighted by Crippen LogP contribution is 2.32. The van der Waals surface area contributed by atoms with E-state index in [0.717, 1.165) is 0 Å². The van der Waals surface area contributed by atoms with Crippen LogP contribution < -0.4 is 0 Å². The average Bonchev–Trinajstić information content (AvgIpc) is 2.81. The summed E-state index contributed by atoms with van der Waals surface area (Å²) in [4.78, 5) is 35.4. The molecule has 1 aliphatic rings. The number of hydrogen-bond donors (Lipinski definition) is 0. The Balaban J connectivity index is 2.11. The predicted molar refractivity (Wildman–Crippen MR) is 61.1 cm³/mol. The summed E-state index contributed by atoms with van der Waals surface area (Å²) in [6, 6.07) is 3.45. The monoisotopic (exact) mass is 250 g/mol. The molecule has 1 aliphatic carbocycles. The van der Waals surface area contributed by atoms with Crippen molar-refractivity contribution >= 4 is 17.3 Å². The molecule has 0 N–H and O–H groups in total. The number of methoxy groups -OCH3 is 1. The van der Waals surface area contributed by atoms with Gasteiger partial charge < -0.3 is 9.15 Å². The van der Waals surface area contributed by atoms with Crippen LogP contribution in [-0.2, 0) is 19.1 Å². The minimum absolute atomic E-state index is 0.166. The van der Waals surface area contributed by atoms with E-state index in [0.29, 0.717) is 5.76 Å². The second-order valence-corrected chi connectivity index (χ2v) is 4.39. The lowest BCUT2D eigenvalue weighted by atomic mass is 9.77. The maximum absolute atomic E-state index is 11.9. The lowest BCUT2D eigenvalue weighted by molar-refractivity contribution is -0.144. The number of carbonyl (C=O) groups is 3. The first-order chi connectivity index (χ1) is 8.63. The molecule has 0 atom stereocenters. The first-order valence-corrected chi connectivity index (χ1v) is 5.74. The molecule has 0 bridgehead atoms. The van der Waals surface area contributed by atoms with E-state index in [2.05, 4.69) is 4.74 Å². The second-order valence-electron chi connectivity index (χ2n) is 4.39. The molecule has 1 aromatic rings. The molecule has 96 valence electrons. The average molecular weight is 250 g/mol. The molecule has 5 heteroatoms. The number of ketones is 3. The van der Waals surface area contributed by atoms with Crippen molar-refractivity contribution in [1.82, 2.24) is 0 Å². The van der Waals surface area contributed by atoms with Crippen molar-refractivity contribution in [3.8, 4) is 0 Å². The van der Waals surface area contributed by atoms with Gasteiger partial charge in [-0.2, -0.15) is 0 Å². The fourth-order valence-electron chi connectivity index (χ4n) is 2.28. The van der Waals surface area contributed by atoms with E-state index in [1.807, 2.05) is 0 Å². The van der Waals surface area contributed by atoms with Crippen molar-refractivity contribution in [3.63, 3.8) is 0 Å². The van der Waals surface area contributed by atoms with Gasteiger partial charge in [0.05, 0.1) is 6.26 Å². The minimum atomic E-state index is -1.14. The van der Waals surface area contributed by atoms with Gasteiger partial charge in [-0.05, 0) is 12.1 Å². The van der Waals surface area contributed by atoms with E-state index in [1.165, 1.54) is 13.4 Å². The van der Waals surface area contributed by atoms with Gasteiger partial charge >= 0.3 is 0 Å². The highest BCUT2D eigenvalue weighted by atomic mass is 16.5. The van der Waals surface area contributed by atoms with Crippen LogP contribution in [0.1, 0.15) is 24.5 Å². The Kier molecular flexibility index (Phi) is 3.72. The maximum Gasteiger partial charge on any atom is 0.176 e. The van der Waals surface area contributed by atoms with E-state index in [-0.39, 0.29) is 36.9 Å². The Labute approximate surface area is 104 Å². The van der Waals surface area contributed by atoms with Crippen molar-refractivity contribution in [2.24, 2.45) is 5.92 Å². The van der Waals surface area contributed by atoms with Crippen LogP contribution >= 0.6 is 0 Å². The van der Waals surface area contributed by atoms with E-state index in [1.54, 1.807) is 12.1 Å². The van der Waals surface area contributed by atoms with E-state index >= 15 is 0 Å². The van der Waals surface area contributed by atoms with Gasteiger partial charge in [-0.25, -0.2) is 0 Å².